The van der Waals surface area contributed by atoms with E-state index < -0.39 is 37.3 Å². The van der Waals surface area contributed by atoms with Crippen molar-refractivity contribution in [3.05, 3.63) is 57.9 Å². The van der Waals surface area contributed by atoms with Gasteiger partial charge in [-0.05, 0) is 35.9 Å². The predicted molar refractivity (Wildman–Crippen MR) is 100 cm³/mol. The van der Waals surface area contributed by atoms with Crippen LogP contribution in [-0.4, -0.2) is 38.6 Å². The number of nitrogens with one attached hydrogen (secondary N) is 1. The Morgan fingerprint density at radius 3 is 2.48 bits per heavy atom. The lowest BCUT2D eigenvalue weighted by molar-refractivity contribution is -0.387. The van der Waals surface area contributed by atoms with Gasteiger partial charge in [0.1, 0.15) is 4.90 Å². The molecule has 0 amide bonds. The van der Waals surface area contributed by atoms with Crippen LogP contribution in [-0.2, 0) is 14.8 Å². The number of anilines is 1. The zero-order valence-electron chi connectivity index (χ0n) is 15.1. The first-order chi connectivity index (χ1) is 13.6. The number of carbonyl (C=O) groups is 1. The zero-order chi connectivity index (χ0) is 21.8. The predicted octanol–water partition coefficient (Wildman–Crippen LogP) is 2.65. The van der Waals surface area contributed by atoms with Gasteiger partial charge < -0.3 is 14.6 Å². The number of halogens is 1. The highest BCUT2D eigenvalue weighted by molar-refractivity contribution is 7.92. The third-order valence-electron chi connectivity index (χ3n) is 3.57. The molecule has 0 saturated heterocycles. The van der Waals surface area contributed by atoms with Gasteiger partial charge in [-0.3, -0.25) is 14.8 Å². The van der Waals surface area contributed by atoms with Gasteiger partial charge >= 0.3 is 11.7 Å². The topological polar surface area (TPSA) is 145 Å². The van der Waals surface area contributed by atoms with E-state index >= 15 is 0 Å². The maximum absolute atomic E-state index is 13.5. The second kappa shape index (κ2) is 8.56. The molecule has 0 aromatic heterocycles. The van der Waals surface area contributed by atoms with E-state index in [9.17, 15) is 27.7 Å². The molecular formula is C17H15FN2O8S. The summed E-state index contributed by atoms with van der Waals surface area (Å²) >= 11 is 0. The summed E-state index contributed by atoms with van der Waals surface area (Å²) in [5.41, 5.74) is -0.992. The summed E-state index contributed by atoms with van der Waals surface area (Å²) in [6.45, 7) is 0. The van der Waals surface area contributed by atoms with Crippen molar-refractivity contribution < 1.29 is 37.1 Å². The summed E-state index contributed by atoms with van der Waals surface area (Å²) in [5.74, 6) is -2.55. The number of aliphatic carboxylic acids is 1. The van der Waals surface area contributed by atoms with E-state index in [2.05, 4.69) is 4.72 Å². The van der Waals surface area contributed by atoms with Crippen molar-refractivity contribution in [3.63, 3.8) is 0 Å². The third-order valence-corrected chi connectivity index (χ3v) is 4.96. The number of benzene rings is 2. The molecule has 2 N–H and O–H groups in total. The van der Waals surface area contributed by atoms with Crippen LogP contribution in [0.25, 0.3) is 6.08 Å². The lowest BCUT2D eigenvalue weighted by atomic mass is 10.2. The average molecular weight is 426 g/mol. The Morgan fingerprint density at radius 1 is 1.24 bits per heavy atom. The largest absolute Gasteiger partial charge is 0.493 e. The molecule has 10 nitrogen and oxygen atoms in total. The van der Waals surface area contributed by atoms with Crippen molar-refractivity contribution in [2.75, 3.05) is 18.9 Å². The van der Waals surface area contributed by atoms with Gasteiger partial charge in [0.15, 0.2) is 11.5 Å². The smallest absolute Gasteiger partial charge is 0.328 e. The molecule has 2 rings (SSSR count). The number of rotatable bonds is 8. The van der Waals surface area contributed by atoms with Crippen LogP contribution in [0.4, 0.5) is 15.8 Å². The molecule has 0 saturated carbocycles. The third kappa shape index (κ3) is 4.99. The molecule has 0 spiro atoms. The number of methoxy groups -OCH3 is 2. The van der Waals surface area contributed by atoms with E-state index in [1.807, 2.05) is 0 Å². The SMILES string of the molecule is COc1cc(/C=C/C(=O)O)cc(S(=O)(=O)Nc2ccc(F)c([N+](=O)[O-])c2)c1OC. The Hall–Kier alpha value is -3.67. The Kier molecular flexibility index (Phi) is 6.38. The summed E-state index contributed by atoms with van der Waals surface area (Å²) in [7, 11) is -1.93. The number of hydrogen-bond donors (Lipinski definition) is 2. The first kappa shape index (κ1) is 21.6. The van der Waals surface area contributed by atoms with E-state index in [4.69, 9.17) is 14.6 Å². The number of nitro benzene ring substituents is 1. The molecule has 0 bridgehead atoms. The number of hydrogen-bond acceptors (Lipinski definition) is 7. The van der Waals surface area contributed by atoms with E-state index in [-0.39, 0.29) is 22.7 Å². The van der Waals surface area contributed by atoms with Gasteiger partial charge in [0.05, 0.1) is 24.8 Å². The average Bonchev–Trinajstić information content (AvgIpc) is 2.66. The lowest BCUT2D eigenvalue weighted by Crippen LogP contribution is -2.15. The van der Waals surface area contributed by atoms with E-state index in [1.165, 1.54) is 20.3 Å². The molecular weight excluding hydrogens is 411 g/mol. The molecule has 0 aliphatic rings. The number of carboxylic acids is 1. The first-order valence-corrected chi connectivity index (χ1v) is 9.21. The van der Waals surface area contributed by atoms with Crippen LogP contribution in [0.3, 0.4) is 0 Å². The van der Waals surface area contributed by atoms with Gasteiger partial charge in [0.25, 0.3) is 10.0 Å². The molecule has 29 heavy (non-hydrogen) atoms. The van der Waals surface area contributed by atoms with Crippen molar-refractivity contribution in [1.29, 1.82) is 0 Å². The van der Waals surface area contributed by atoms with Crippen LogP contribution in [0.15, 0.2) is 41.3 Å². The van der Waals surface area contributed by atoms with E-state index in [1.54, 1.807) is 0 Å². The van der Waals surface area contributed by atoms with Crippen LogP contribution in [0.1, 0.15) is 5.56 Å². The van der Waals surface area contributed by atoms with Gasteiger partial charge in [-0.25, -0.2) is 13.2 Å². The summed E-state index contributed by atoms with van der Waals surface area (Å²) in [4.78, 5) is 20.2. The van der Waals surface area contributed by atoms with Gasteiger partial charge in [-0.15, -0.1) is 0 Å². The summed E-state index contributed by atoms with van der Waals surface area (Å²) in [5, 5.41) is 19.6. The number of sulfonamides is 1. The second-order valence-corrected chi connectivity index (χ2v) is 7.11. The quantitative estimate of drug-likeness (QED) is 0.372. The lowest BCUT2D eigenvalue weighted by Gasteiger charge is -2.15. The molecule has 2 aromatic rings. The van der Waals surface area contributed by atoms with Crippen molar-refractivity contribution in [3.8, 4) is 11.5 Å². The van der Waals surface area contributed by atoms with Gasteiger partial charge in [0.2, 0.25) is 5.82 Å². The fourth-order valence-corrected chi connectivity index (χ4v) is 3.61. The van der Waals surface area contributed by atoms with Crippen LogP contribution in [0.5, 0.6) is 11.5 Å². The van der Waals surface area contributed by atoms with Gasteiger partial charge in [0, 0.05) is 12.1 Å². The second-order valence-electron chi connectivity index (χ2n) is 5.45. The van der Waals surface area contributed by atoms with Crippen LogP contribution >= 0.6 is 0 Å². The molecule has 0 radical (unpaired) electrons. The van der Waals surface area contributed by atoms with Gasteiger partial charge in [-0.2, -0.15) is 4.39 Å². The van der Waals surface area contributed by atoms with Crippen LogP contribution in [0.2, 0.25) is 0 Å². The van der Waals surface area contributed by atoms with Crippen molar-refractivity contribution in [1.82, 2.24) is 0 Å². The van der Waals surface area contributed by atoms with Gasteiger partial charge in [-0.1, -0.05) is 0 Å². The summed E-state index contributed by atoms with van der Waals surface area (Å²) in [6, 6.07) is 4.98. The minimum atomic E-state index is -4.39. The number of nitrogens with zero attached hydrogens (tertiary/aromatic N) is 1. The van der Waals surface area contributed by atoms with E-state index in [0.717, 1.165) is 36.4 Å². The molecule has 2 aromatic carbocycles. The summed E-state index contributed by atoms with van der Waals surface area (Å²) < 4.78 is 51.5. The van der Waals surface area contributed by atoms with Crippen LogP contribution in [0, 0.1) is 15.9 Å². The monoisotopic (exact) mass is 426 g/mol. The molecule has 0 fully saturated rings. The van der Waals surface area contributed by atoms with Crippen molar-refractivity contribution in [2.24, 2.45) is 0 Å². The summed E-state index contributed by atoms with van der Waals surface area (Å²) in [6.07, 6.45) is 1.94. The molecule has 12 heteroatoms. The number of ether oxygens (including phenoxy) is 2. The standard InChI is InChI=1S/C17H15FN2O8S/c1-27-14-7-10(3-6-16(21)22)8-15(17(14)28-2)29(25,26)19-11-4-5-12(18)13(9-11)20(23)24/h3-9,19H,1-2H3,(H,21,22)/b6-3+. The highest BCUT2D eigenvalue weighted by Gasteiger charge is 2.25. The Morgan fingerprint density at radius 2 is 1.93 bits per heavy atom. The minimum absolute atomic E-state index is 0.00509. The molecule has 0 heterocycles. The molecule has 0 aliphatic carbocycles. The molecule has 0 aliphatic heterocycles. The maximum atomic E-state index is 13.5. The number of nitro groups is 1. The Balaban J connectivity index is 2.58. The van der Waals surface area contributed by atoms with Crippen molar-refractivity contribution >= 4 is 33.4 Å². The normalized spacial score (nSPS) is 11.3. The zero-order valence-corrected chi connectivity index (χ0v) is 15.9. The fraction of sp³-hybridized carbons (Fsp3) is 0.118. The molecule has 154 valence electrons. The Bertz CT molecular complexity index is 1100. The maximum Gasteiger partial charge on any atom is 0.328 e. The minimum Gasteiger partial charge on any atom is -0.493 e. The van der Waals surface area contributed by atoms with E-state index in [0.29, 0.717) is 0 Å². The molecule has 0 unspecified atom stereocenters. The Labute approximate surface area is 164 Å². The van der Waals surface area contributed by atoms with Crippen LogP contribution < -0.4 is 14.2 Å². The highest BCUT2D eigenvalue weighted by atomic mass is 32.2. The first-order valence-electron chi connectivity index (χ1n) is 7.73. The number of carboxylic acid groups (broad SMARTS) is 1. The fourth-order valence-electron chi connectivity index (χ4n) is 2.34. The highest BCUT2D eigenvalue weighted by Crippen LogP contribution is 2.37. The van der Waals surface area contributed by atoms with Crippen molar-refractivity contribution in [2.45, 2.75) is 4.90 Å². The molecule has 0 atom stereocenters.